The fourth-order valence-electron chi connectivity index (χ4n) is 1.32. The van der Waals surface area contributed by atoms with Gasteiger partial charge in [0.25, 0.3) is 0 Å². The van der Waals surface area contributed by atoms with Crippen molar-refractivity contribution < 1.29 is 13.9 Å². The topological polar surface area (TPSA) is 44.5 Å². The summed E-state index contributed by atoms with van der Waals surface area (Å²) in [6.45, 7) is 3.85. The second-order valence-corrected chi connectivity index (χ2v) is 3.61. The first-order valence-corrected chi connectivity index (χ1v) is 5.97. The van der Waals surface area contributed by atoms with E-state index >= 15 is 0 Å². The van der Waals surface area contributed by atoms with Crippen molar-refractivity contribution in [3.63, 3.8) is 0 Å². The van der Waals surface area contributed by atoms with Crippen LogP contribution in [0.1, 0.15) is 18.9 Å². The first-order chi connectivity index (χ1) is 8.77. The van der Waals surface area contributed by atoms with Gasteiger partial charge in [-0.15, -0.1) is 0 Å². The molecule has 2 N–H and O–H groups in total. The molecule has 98 valence electrons. The van der Waals surface area contributed by atoms with Crippen molar-refractivity contribution in [1.82, 2.24) is 0 Å². The molecule has 1 rings (SSSR count). The fraction of sp³-hybridized carbons (Fsp3) is 0.429. The average molecular weight is 251 g/mol. The van der Waals surface area contributed by atoms with Gasteiger partial charge in [-0.1, -0.05) is 18.8 Å². The third-order valence-electron chi connectivity index (χ3n) is 2.10. The normalized spacial score (nSPS) is 9.72. The minimum atomic E-state index is -0.349. The molecule has 0 saturated carbocycles. The smallest absolute Gasteiger partial charge is 0.137 e. The van der Waals surface area contributed by atoms with E-state index < -0.39 is 0 Å². The van der Waals surface area contributed by atoms with Crippen LogP contribution in [0.4, 0.5) is 4.39 Å². The summed E-state index contributed by atoms with van der Waals surface area (Å²) in [4.78, 5) is 0. The highest BCUT2D eigenvalue weighted by molar-refractivity contribution is 5.46. The summed E-state index contributed by atoms with van der Waals surface area (Å²) >= 11 is 0. The van der Waals surface area contributed by atoms with Gasteiger partial charge in [0.2, 0.25) is 0 Å². The van der Waals surface area contributed by atoms with Crippen molar-refractivity contribution in [3.8, 4) is 17.6 Å². The quantitative estimate of drug-likeness (QED) is 0.620. The van der Waals surface area contributed by atoms with Crippen LogP contribution in [0.2, 0.25) is 0 Å². The molecule has 3 nitrogen and oxygen atoms in total. The Morgan fingerprint density at radius 1 is 1.28 bits per heavy atom. The molecule has 0 aliphatic carbocycles. The molecular weight excluding hydrogens is 233 g/mol. The van der Waals surface area contributed by atoms with E-state index in [0.717, 1.165) is 6.42 Å². The summed E-state index contributed by atoms with van der Waals surface area (Å²) in [5.41, 5.74) is 5.94. The highest BCUT2D eigenvalue weighted by Crippen LogP contribution is 2.18. The Balaban J connectivity index is 2.59. The Morgan fingerprint density at radius 3 is 2.83 bits per heavy atom. The van der Waals surface area contributed by atoms with Crippen molar-refractivity contribution in [2.75, 3.05) is 26.4 Å². The zero-order valence-electron chi connectivity index (χ0n) is 10.5. The molecule has 0 heterocycles. The van der Waals surface area contributed by atoms with Crippen LogP contribution >= 0.6 is 0 Å². The lowest BCUT2D eigenvalue weighted by Crippen LogP contribution is -2.08. The maximum atomic E-state index is 13.1. The van der Waals surface area contributed by atoms with Crippen LogP contribution in [0.15, 0.2) is 18.2 Å². The molecule has 0 spiro atoms. The number of ether oxygens (including phenoxy) is 2. The number of rotatable bonds is 6. The van der Waals surface area contributed by atoms with Crippen LogP contribution in [0.25, 0.3) is 0 Å². The molecule has 4 heteroatoms. The second-order valence-electron chi connectivity index (χ2n) is 3.61. The lowest BCUT2D eigenvalue weighted by Gasteiger charge is -2.08. The van der Waals surface area contributed by atoms with Crippen molar-refractivity contribution in [2.24, 2.45) is 5.73 Å². The van der Waals surface area contributed by atoms with Gasteiger partial charge in [-0.3, -0.25) is 0 Å². The summed E-state index contributed by atoms with van der Waals surface area (Å²) in [7, 11) is 0. The minimum absolute atomic E-state index is 0.260. The molecule has 18 heavy (non-hydrogen) atoms. The molecule has 0 aromatic heterocycles. The third-order valence-corrected chi connectivity index (χ3v) is 2.10. The van der Waals surface area contributed by atoms with Crippen molar-refractivity contribution in [3.05, 3.63) is 29.6 Å². The van der Waals surface area contributed by atoms with Gasteiger partial charge >= 0.3 is 0 Å². The zero-order valence-corrected chi connectivity index (χ0v) is 10.5. The van der Waals surface area contributed by atoms with Gasteiger partial charge in [-0.2, -0.15) is 0 Å². The van der Waals surface area contributed by atoms with E-state index in [0.29, 0.717) is 31.1 Å². The number of nitrogens with two attached hydrogens (primary N) is 1. The second kappa shape index (κ2) is 8.51. The summed E-state index contributed by atoms with van der Waals surface area (Å²) < 4.78 is 23.8. The number of benzene rings is 1. The molecule has 1 aromatic rings. The molecule has 0 saturated heterocycles. The van der Waals surface area contributed by atoms with E-state index in [1.54, 1.807) is 6.07 Å². The standard InChI is InChI=1S/C14H18FNO2/c1-2-8-17-9-10-18-14-11-13(15)6-5-12(14)4-3-7-16/h5-6,11H,2,7-10,16H2,1H3. The molecule has 0 radical (unpaired) electrons. The van der Waals surface area contributed by atoms with Crippen LogP contribution in [-0.4, -0.2) is 26.4 Å². The van der Waals surface area contributed by atoms with E-state index in [2.05, 4.69) is 11.8 Å². The highest BCUT2D eigenvalue weighted by atomic mass is 19.1. The Hall–Kier alpha value is -1.57. The van der Waals surface area contributed by atoms with Crippen LogP contribution in [-0.2, 0) is 4.74 Å². The Bertz CT molecular complexity index is 424. The maximum Gasteiger partial charge on any atom is 0.137 e. The van der Waals surface area contributed by atoms with E-state index in [1.807, 2.05) is 6.92 Å². The van der Waals surface area contributed by atoms with Crippen LogP contribution in [0.3, 0.4) is 0 Å². The average Bonchev–Trinajstić information content (AvgIpc) is 2.37. The predicted octanol–water partition coefficient (Wildman–Crippen LogP) is 1.94. The summed E-state index contributed by atoms with van der Waals surface area (Å²) in [5, 5.41) is 0. The first kappa shape index (κ1) is 14.5. The highest BCUT2D eigenvalue weighted by Gasteiger charge is 2.03. The first-order valence-electron chi connectivity index (χ1n) is 5.97. The third kappa shape index (κ3) is 5.17. The largest absolute Gasteiger partial charge is 0.490 e. The van der Waals surface area contributed by atoms with Gasteiger partial charge in [0.05, 0.1) is 18.7 Å². The van der Waals surface area contributed by atoms with Gasteiger partial charge < -0.3 is 15.2 Å². The molecular formula is C14H18FNO2. The van der Waals surface area contributed by atoms with Gasteiger partial charge in [-0.05, 0) is 18.6 Å². The molecule has 0 fully saturated rings. The number of halogens is 1. The van der Waals surface area contributed by atoms with Gasteiger partial charge in [0, 0.05) is 12.7 Å². The van der Waals surface area contributed by atoms with Gasteiger partial charge in [0.15, 0.2) is 0 Å². The molecule has 0 atom stereocenters. The Morgan fingerprint density at radius 2 is 2.11 bits per heavy atom. The van der Waals surface area contributed by atoms with Gasteiger partial charge in [-0.25, -0.2) is 4.39 Å². The number of hydrogen-bond donors (Lipinski definition) is 1. The predicted molar refractivity (Wildman–Crippen MR) is 68.9 cm³/mol. The summed E-state index contributed by atoms with van der Waals surface area (Å²) in [6, 6.07) is 4.25. The Kier molecular flexibility index (Phi) is 6.85. The molecule has 0 unspecified atom stereocenters. The minimum Gasteiger partial charge on any atom is -0.490 e. The monoisotopic (exact) mass is 251 g/mol. The lowest BCUT2D eigenvalue weighted by atomic mass is 10.2. The SMILES string of the molecule is CCCOCCOc1cc(F)ccc1C#CCN. The van der Waals surface area contributed by atoms with Crippen molar-refractivity contribution >= 4 is 0 Å². The van der Waals surface area contributed by atoms with Crippen LogP contribution in [0.5, 0.6) is 5.75 Å². The lowest BCUT2D eigenvalue weighted by molar-refractivity contribution is 0.100. The molecule has 0 amide bonds. The van der Waals surface area contributed by atoms with Crippen molar-refractivity contribution in [1.29, 1.82) is 0 Å². The zero-order chi connectivity index (χ0) is 13.2. The van der Waals surface area contributed by atoms with Crippen LogP contribution < -0.4 is 10.5 Å². The summed E-state index contributed by atoms with van der Waals surface area (Å²) in [5.74, 6) is 5.64. The summed E-state index contributed by atoms with van der Waals surface area (Å²) in [6.07, 6.45) is 0.965. The Labute approximate surface area is 107 Å². The van der Waals surface area contributed by atoms with E-state index in [1.165, 1.54) is 12.1 Å². The molecule has 0 aliphatic rings. The number of hydrogen-bond acceptors (Lipinski definition) is 3. The molecule has 0 aliphatic heterocycles. The van der Waals surface area contributed by atoms with E-state index in [4.69, 9.17) is 15.2 Å². The van der Waals surface area contributed by atoms with E-state index in [9.17, 15) is 4.39 Å². The van der Waals surface area contributed by atoms with Gasteiger partial charge in [0.1, 0.15) is 18.2 Å². The maximum absolute atomic E-state index is 13.1. The fourth-order valence-corrected chi connectivity index (χ4v) is 1.32. The van der Waals surface area contributed by atoms with Crippen LogP contribution in [0, 0.1) is 17.7 Å². The van der Waals surface area contributed by atoms with E-state index in [-0.39, 0.29) is 12.4 Å². The van der Waals surface area contributed by atoms with Crippen molar-refractivity contribution in [2.45, 2.75) is 13.3 Å². The molecule has 0 bridgehead atoms. The molecule has 1 aromatic carbocycles.